The molecule has 0 amide bonds. The monoisotopic (exact) mass is 370 g/mol. The van der Waals surface area contributed by atoms with Crippen molar-refractivity contribution in [2.24, 2.45) is 0 Å². The Balaban J connectivity index is 1.82. The Labute approximate surface area is 160 Å². The molecule has 0 aromatic heterocycles. The molecule has 0 N–H and O–H groups in total. The largest absolute Gasteiger partial charge is 0.520 e. The van der Waals surface area contributed by atoms with Crippen LogP contribution >= 0.6 is 0 Å². The summed E-state index contributed by atoms with van der Waals surface area (Å²) in [6.07, 6.45) is 9.12. The van der Waals surface area contributed by atoms with Crippen molar-refractivity contribution in [3.8, 4) is 16.9 Å². The molecular formula is C23H34O2Si. The Morgan fingerprint density at radius 2 is 1.35 bits per heavy atom. The van der Waals surface area contributed by atoms with Gasteiger partial charge in [0.2, 0.25) is 0 Å². The second-order valence-electron chi connectivity index (χ2n) is 7.33. The molecule has 0 unspecified atom stereocenters. The maximum atomic E-state index is 6.36. The fourth-order valence-corrected chi connectivity index (χ4v) is 4.49. The third-order valence-corrected chi connectivity index (χ3v) is 6.14. The van der Waals surface area contributed by atoms with Gasteiger partial charge >= 0.3 is 8.56 Å². The highest BCUT2D eigenvalue weighted by atomic mass is 28.4. The summed E-state index contributed by atoms with van der Waals surface area (Å²) in [7, 11) is -2.19. The molecule has 3 heteroatoms. The van der Waals surface area contributed by atoms with Gasteiger partial charge in [-0.05, 0) is 31.1 Å². The Morgan fingerprint density at radius 3 is 2.08 bits per heavy atom. The summed E-state index contributed by atoms with van der Waals surface area (Å²) in [4.78, 5) is 0. The van der Waals surface area contributed by atoms with E-state index in [-0.39, 0.29) is 0 Å². The van der Waals surface area contributed by atoms with E-state index >= 15 is 0 Å². The van der Waals surface area contributed by atoms with E-state index in [0.717, 1.165) is 24.3 Å². The second kappa shape index (κ2) is 11.2. The number of hydrogen-bond acceptors (Lipinski definition) is 2. The van der Waals surface area contributed by atoms with Crippen LogP contribution in [0.15, 0.2) is 54.6 Å². The molecule has 0 fully saturated rings. The highest BCUT2D eigenvalue weighted by Crippen LogP contribution is 2.31. The van der Waals surface area contributed by atoms with Crippen LogP contribution < -0.4 is 4.43 Å². The van der Waals surface area contributed by atoms with Crippen LogP contribution in [0.2, 0.25) is 13.1 Å². The van der Waals surface area contributed by atoms with Gasteiger partial charge in [0.1, 0.15) is 5.75 Å². The number of benzene rings is 2. The maximum absolute atomic E-state index is 6.36. The standard InChI is InChI=1S/C23H34O2Si/c1-4-5-6-7-8-9-15-20-24-26(2,3)25-23-19-14-13-18-22(23)21-16-11-10-12-17-21/h10-14,16-19H,4-9,15,20H2,1-3H3. The van der Waals surface area contributed by atoms with Crippen LogP contribution in [-0.2, 0) is 4.43 Å². The van der Waals surface area contributed by atoms with Gasteiger partial charge in [-0.25, -0.2) is 0 Å². The zero-order valence-electron chi connectivity index (χ0n) is 16.7. The van der Waals surface area contributed by atoms with E-state index in [1.54, 1.807) is 0 Å². The highest BCUT2D eigenvalue weighted by Gasteiger charge is 2.27. The predicted octanol–water partition coefficient (Wildman–Crippen LogP) is 7.20. The Morgan fingerprint density at radius 1 is 0.731 bits per heavy atom. The Hall–Kier alpha value is -1.58. The van der Waals surface area contributed by atoms with Crippen molar-refractivity contribution in [1.82, 2.24) is 0 Å². The molecular weight excluding hydrogens is 336 g/mol. The lowest BCUT2D eigenvalue weighted by Crippen LogP contribution is -2.38. The SMILES string of the molecule is CCCCCCCCCO[Si](C)(C)Oc1ccccc1-c1ccccc1. The minimum atomic E-state index is -2.19. The van der Waals surface area contributed by atoms with Gasteiger partial charge in [0, 0.05) is 12.2 Å². The lowest BCUT2D eigenvalue weighted by Gasteiger charge is -2.25. The summed E-state index contributed by atoms with van der Waals surface area (Å²) >= 11 is 0. The molecule has 2 nitrogen and oxygen atoms in total. The van der Waals surface area contributed by atoms with Gasteiger partial charge < -0.3 is 8.85 Å². The third kappa shape index (κ3) is 7.34. The number of hydrogen-bond donors (Lipinski definition) is 0. The first-order chi connectivity index (χ1) is 12.6. The van der Waals surface area contributed by atoms with Crippen LogP contribution in [-0.4, -0.2) is 15.2 Å². The Bertz CT molecular complexity index is 625. The third-order valence-electron chi connectivity index (χ3n) is 4.53. The summed E-state index contributed by atoms with van der Waals surface area (Å²) in [6, 6.07) is 18.7. The van der Waals surface area contributed by atoms with Crippen molar-refractivity contribution in [3.63, 3.8) is 0 Å². The molecule has 0 radical (unpaired) electrons. The number of rotatable bonds is 12. The molecule has 2 aromatic carbocycles. The number of unbranched alkanes of at least 4 members (excludes halogenated alkanes) is 6. The van der Waals surface area contributed by atoms with E-state index < -0.39 is 8.56 Å². The molecule has 0 saturated carbocycles. The van der Waals surface area contributed by atoms with Crippen LogP contribution in [0.3, 0.4) is 0 Å². The molecule has 0 heterocycles. The van der Waals surface area contributed by atoms with Crippen LogP contribution in [0.1, 0.15) is 51.9 Å². The van der Waals surface area contributed by atoms with Gasteiger partial charge in [-0.2, -0.15) is 0 Å². The molecule has 26 heavy (non-hydrogen) atoms. The molecule has 142 valence electrons. The predicted molar refractivity (Wildman–Crippen MR) is 114 cm³/mol. The van der Waals surface area contributed by atoms with Gasteiger partial charge in [-0.15, -0.1) is 0 Å². The fraction of sp³-hybridized carbons (Fsp3) is 0.478. The zero-order valence-corrected chi connectivity index (χ0v) is 17.7. The van der Waals surface area contributed by atoms with E-state index in [0.29, 0.717) is 0 Å². The maximum Gasteiger partial charge on any atom is 0.392 e. The lowest BCUT2D eigenvalue weighted by atomic mass is 10.1. The second-order valence-corrected chi connectivity index (χ2v) is 10.6. The fourth-order valence-electron chi connectivity index (χ4n) is 3.08. The van der Waals surface area contributed by atoms with E-state index in [9.17, 15) is 0 Å². The first kappa shape index (κ1) is 20.7. The lowest BCUT2D eigenvalue weighted by molar-refractivity contribution is 0.241. The van der Waals surface area contributed by atoms with E-state index in [1.165, 1.54) is 44.1 Å². The van der Waals surface area contributed by atoms with Crippen molar-refractivity contribution in [3.05, 3.63) is 54.6 Å². The molecule has 0 aliphatic heterocycles. The molecule has 0 aliphatic rings. The minimum absolute atomic E-state index is 0.806. The number of para-hydroxylation sites is 1. The van der Waals surface area contributed by atoms with Crippen LogP contribution in [0.5, 0.6) is 5.75 Å². The summed E-state index contributed by atoms with van der Waals surface area (Å²) in [5.41, 5.74) is 2.31. The Kier molecular flexibility index (Phi) is 8.93. The average Bonchev–Trinajstić information content (AvgIpc) is 2.65. The highest BCUT2D eigenvalue weighted by molar-refractivity contribution is 6.65. The van der Waals surface area contributed by atoms with Crippen LogP contribution in [0.25, 0.3) is 11.1 Å². The summed E-state index contributed by atoms with van der Waals surface area (Å²) < 4.78 is 12.5. The molecule has 0 bridgehead atoms. The van der Waals surface area contributed by atoms with E-state index in [1.807, 2.05) is 18.2 Å². The molecule has 0 atom stereocenters. The first-order valence-electron chi connectivity index (χ1n) is 10.1. The smallest absolute Gasteiger partial charge is 0.392 e. The topological polar surface area (TPSA) is 18.5 Å². The van der Waals surface area contributed by atoms with Crippen molar-refractivity contribution in [2.75, 3.05) is 6.61 Å². The van der Waals surface area contributed by atoms with E-state index in [2.05, 4.69) is 56.4 Å². The van der Waals surface area contributed by atoms with Crippen LogP contribution in [0.4, 0.5) is 0 Å². The van der Waals surface area contributed by atoms with Gasteiger partial charge in [0.05, 0.1) is 0 Å². The summed E-state index contributed by atoms with van der Waals surface area (Å²) in [5.74, 6) is 0.926. The summed E-state index contributed by atoms with van der Waals surface area (Å²) in [6.45, 7) is 7.34. The molecule has 0 aliphatic carbocycles. The van der Waals surface area contributed by atoms with Gasteiger partial charge in [-0.3, -0.25) is 0 Å². The van der Waals surface area contributed by atoms with Crippen LogP contribution in [0, 0.1) is 0 Å². The molecule has 0 spiro atoms. The normalized spacial score (nSPS) is 11.5. The van der Waals surface area contributed by atoms with Gasteiger partial charge in [-0.1, -0.05) is 94.0 Å². The van der Waals surface area contributed by atoms with E-state index in [4.69, 9.17) is 8.85 Å². The van der Waals surface area contributed by atoms with Crippen molar-refractivity contribution in [1.29, 1.82) is 0 Å². The van der Waals surface area contributed by atoms with Gasteiger partial charge in [0.25, 0.3) is 0 Å². The quantitative estimate of drug-likeness (QED) is 0.290. The first-order valence-corrected chi connectivity index (χ1v) is 12.9. The van der Waals surface area contributed by atoms with Gasteiger partial charge in [0.15, 0.2) is 0 Å². The van der Waals surface area contributed by atoms with Crippen molar-refractivity contribution in [2.45, 2.75) is 65.0 Å². The average molecular weight is 371 g/mol. The molecule has 2 aromatic rings. The molecule has 2 rings (SSSR count). The van der Waals surface area contributed by atoms with Crippen molar-refractivity contribution >= 4 is 8.56 Å². The minimum Gasteiger partial charge on any atom is -0.520 e. The summed E-state index contributed by atoms with van der Waals surface area (Å²) in [5, 5.41) is 0. The zero-order chi connectivity index (χ0) is 18.7. The molecule has 0 saturated heterocycles. The van der Waals surface area contributed by atoms with Crippen molar-refractivity contribution < 1.29 is 8.85 Å².